The standard InChI is InChI=1S/C21H32N2O5/c1-20(2,3)14-9-13(10-15(18(14)26)21(4,5)6)19(27)28-12-16(24)22-11-17(25)23(7)8/h9-10,26H,11-12H2,1-8H3,(H,22,24). The van der Waals surface area contributed by atoms with Gasteiger partial charge >= 0.3 is 5.97 Å². The van der Waals surface area contributed by atoms with Crippen molar-refractivity contribution in [2.75, 3.05) is 27.2 Å². The second-order valence-electron chi connectivity index (χ2n) is 9.06. The van der Waals surface area contributed by atoms with Gasteiger partial charge in [0.05, 0.1) is 12.1 Å². The van der Waals surface area contributed by atoms with E-state index in [9.17, 15) is 19.5 Å². The zero-order chi connectivity index (χ0) is 21.9. The number of likely N-dealkylation sites (N-methyl/N-ethyl adjacent to an activating group) is 1. The first kappa shape index (κ1) is 23.5. The number of phenols is 1. The van der Waals surface area contributed by atoms with Gasteiger partial charge < -0.3 is 20.1 Å². The van der Waals surface area contributed by atoms with Crippen LogP contribution in [0.4, 0.5) is 0 Å². The molecule has 28 heavy (non-hydrogen) atoms. The molecule has 0 fully saturated rings. The summed E-state index contributed by atoms with van der Waals surface area (Å²) in [6, 6.07) is 3.20. The number of rotatable bonds is 5. The number of amides is 2. The molecule has 1 rings (SSSR count). The molecule has 0 saturated carbocycles. The molecule has 0 aliphatic carbocycles. The highest BCUT2D eigenvalue weighted by Gasteiger charge is 2.28. The molecule has 0 heterocycles. The van der Waals surface area contributed by atoms with Gasteiger partial charge in [0, 0.05) is 25.2 Å². The number of ether oxygens (including phenoxy) is 1. The van der Waals surface area contributed by atoms with Gasteiger partial charge in [-0.25, -0.2) is 4.79 Å². The van der Waals surface area contributed by atoms with Crippen molar-refractivity contribution in [1.82, 2.24) is 10.2 Å². The van der Waals surface area contributed by atoms with Gasteiger partial charge in [-0.15, -0.1) is 0 Å². The van der Waals surface area contributed by atoms with Gasteiger partial charge in [0.25, 0.3) is 5.91 Å². The molecule has 0 spiro atoms. The van der Waals surface area contributed by atoms with E-state index in [1.54, 1.807) is 26.2 Å². The van der Waals surface area contributed by atoms with E-state index >= 15 is 0 Å². The largest absolute Gasteiger partial charge is 0.507 e. The van der Waals surface area contributed by atoms with Crippen LogP contribution in [0.15, 0.2) is 12.1 Å². The molecular weight excluding hydrogens is 360 g/mol. The summed E-state index contributed by atoms with van der Waals surface area (Å²) in [4.78, 5) is 37.2. The smallest absolute Gasteiger partial charge is 0.338 e. The van der Waals surface area contributed by atoms with Crippen LogP contribution < -0.4 is 5.32 Å². The van der Waals surface area contributed by atoms with Crippen molar-refractivity contribution >= 4 is 17.8 Å². The molecule has 0 saturated heterocycles. The van der Waals surface area contributed by atoms with Crippen LogP contribution in [0.25, 0.3) is 0 Å². The first-order chi connectivity index (χ1) is 12.6. The highest BCUT2D eigenvalue weighted by molar-refractivity contribution is 5.93. The van der Waals surface area contributed by atoms with E-state index in [0.29, 0.717) is 11.1 Å². The zero-order valence-electron chi connectivity index (χ0n) is 18.1. The van der Waals surface area contributed by atoms with Crippen molar-refractivity contribution in [1.29, 1.82) is 0 Å². The van der Waals surface area contributed by atoms with Crippen molar-refractivity contribution in [3.8, 4) is 5.75 Å². The summed E-state index contributed by atoms with van der Waals surface area (Å²) in [5.41, 5.74) is 0.764. The first-order valence-corrected chi connectivity index (χ1v) is 9.16. The quantitative estimate of drug-likeness (QED) is 0.750. The van der Waals surface area contributed by atoms with E-state index in [1.807, 2.05) is 41.5 Å². The Balaban J connectivity index is 2.99. The number of carbonyl (C=O) groups is 3. The van der Waals surface area contributed by atoms with E-state index < -0.39 is 18.5 Å². The number of nitrogens with one attached hydrogen (secondary N) is 1. The van der Waals surface area contributed by atoms with Gasteiger partial charge in [-0.3, -0.25) is 9.59 Å². The van der Waals surface area contributed by atoms with Gasteiger partial charge in [0.15, 0.2) is 6.61 Å². The summed E-state index contributed by atoms with van der Waals surface area (Å²) in [7, 11) is 3.16. The first-order valence-electron chi connectivity index (χ1n) is 9.16. The van der Waals surface area contributed by atoms with Crippen LogP contribution in [0.5, 0.6) is 5.75 Å². The lowest BCUT2D eigenvalue weighted by atomic mass is 9.78. The number of esters is 1. The maximum atomic E-state index is 12.5. The fourth-order valence-electron chi connectivity index (χ4n) is 2.49. The number of nitrogens with zero attached hydrogens (tertiary/aromatic N) is 1. The molecule has 0 aliphatic heterocycles. The van der Waals surface area contributed by atoms with Crippen LogP contribution in [-0.2, 0) is 25.2 Å². The lowest BCUT2D eigenvalue weighted by Crippen LogP contribution is -2.38. The van der Waals surface area contributed by atoms with Gasteiger partial charge in [-0.05, 0) is 23.0 Å². The number of phenolic OH excluding ortho intramolecular Hbond substituents is 1. The minimum atomic E-state index is -0.662. The Bertz CT molecular complexity index is 720. The Kier molecular flexibility index (Phi) is 7.23. The van der Waals surface area contributed by atoms with Gasteiger partial charge in [-0.2, -0.15) is 0 Å². The van der Waals surface area contributed by atoms with E-state index in [-0.39, 0.29) is 34.6 Å². The topological polar surface area (TPSA) is 95.9 Å². The predicted octanol–water partition coefficient (Wildman–Crippen LogP) is 2.35. The summed E-state index contributed by atoms with van der Waals surface area (Å²) >= 11 is 0. The molecular formula is C21H32N2O5. The Morgan fingerprint density at radius 3 is 1.86 bits per heavy atom. The fraction of sp³-hybridized carbons (Fsp3) is 0.571. The summed E-state index contributed by atoms with van der Waals surface area (Å²) in [6.45, 7) is 11.0. The minimum Gasteiger partial charge on any atom is -0.507 e. The second-order valence-corrected chi connectivity index (χ2v) is 9.06. The molecule has 156 valence electrons. The van der Waals surface area contributed by atoms with Crippen molar-refractivity contribution in [3.05, 3.63) is 28.8 Å². The third-order valence-electron chi connectivity index (χ3n) is 4.23. The van der Waals surface area contributed by atoms with Crippen LogP contribution in [-0.4, -0.2) is 55.0 Å². The molecule has 0 aromatic heterocycles. The van der Waals surface area contributed by atoms with Crippen molar-refractivity contribution in [3.63, 3.8) is 0 Å². The lowest BCUT2D eigenvalue weighted by molar-refractivity contribution is -0.131. The summed E-state index contributed by atoms with van der Waals surface area (Å²) in [6.07, 6.45) is 0. The number of carbonyl (C=O) groups excluding carboxylic acids is 3. The van der Waals surface area contributed by atoms with E-state index in [0.717, 1.165) is 0 Å². The molecule has 0 aliphatic rings. The van der Waals surface area contributed by atoms with Gasteiger partial charge in [-0.1, -0.05) is 41.5 Å². The molecule has 7 nitrogen and oxygen atoms in total. The monoisotopic (exact) mass is 392 g/mol. The van der Waals surface area contributed by atoms with Crippen molar-refractivity contribution in [2.45, 2.75) is 52.4 Å². The summed E-state index contributed by atoms with van der Waals surface area (Å²) < 4.78 is 5.10. The molecule has 1 aromatic rings. The molecule has 7 heteroatoms. The molecule has 0 radical (unpaired) electrons. The zero-order valence-corrected chi connectivity index (χ0v) is 18.1. The Labute approximate surface area is 167 Å². The predicted molar refractivity (Wildman–Crippen MR) is 107 cm³/mol. The molecule has 0 bridgehead atoms. The molecule has 2 amide bonds. The fourth-order valence-corrected chi connectivity index (χ4v) is 2.49. The van der Waals surface area contributed by atoms with Gasteiger partial charge in [0.1, 0.15) is 5.75 Å². The second kappa shape index (κ2) is 8.63. The third kappa shape index (κ3) is 6.25. The maximum absolute atomic E-state index is 12.5. The average Bonchev–Trinajstić information content (AvgIpc) is 2.55. The summed E-state index contributed by atoms with van der Waals surface area (Å²) in [5, 5.41) is 13.1. The molecule has 2 N–H and O–H groups in total. The van der Waals surface area contributed by atoms with E-state index in [2.05, 4.69) is 5.32 Å². The summed E-state index contributed by atoms with van der Waals surface area (Å²) in [5.74, 6) is -1.32. The van der Waals surface area contributed by atoms with Crippen LogP contribution >= 0.6 is 0 Å². The minimum absolute atomic E-state index is 0.162. The van der Waals surface area contributed by atoms with Crippen LogP contribution in [0.2, 0.25) is 0 Å². The maximum Gasteiger partial charge on any atom is 0.338 e. The molecule has 0 atom stereocenters. The number of aromatic hydroxyl groups is 1. The van der Waals surface area contributed by atoms with Crippen LogP contribution in [0.3, 0.4) is 0 Å². The van der Waals surface area contributed by atoms with Crippen LogP contribution in [0, 0.1) is 0 Å². The SMILES string of the molecule is CN(C)C(=O)CNC(=O)COC(=O)c1cc(C(C)(C)C)c(O)c(C(C)(C)C)c1. The van der Waals surface area contributed by atoms with E-state index in [4.69, 9.17) is 4.74 Å². The van der Waals surface area contributed by atoms with Crippen molar-refractivity contribution in [2.24, 2.45) is 0 Å². The third-order valence-corrected chi connectivity index (χ3v) is 4.23. The Hall–Kier alpha value is -2.57. The Morgan fingerprint density at radius 2 is 1.46 bits per heavy atom. The Morgan fingerprint density at radius 1 is 1.00 bits per heavy atom. The van der Waals surface area contributed by atoms with Crippen molar-refractivity contribution < 1.29 is 24.2 Å². The average molecular weight is 392 g/mol. The molecule has 1 aromatic carbocycles. The molecule has 0 unspecified atom stereocenters. The van der Waals surface area contributed by atoms with Crippen LogP contribution in [0.1, 0.15) is 63.0 Å². The normalized spacial score (nSPS) is 11.7. The van der Waals surface area contributed by atoms with Gasteiger partial charge in [0.2, 0.25) is 5.91 Å². The highest BCUT2D eigenvalue weighted by Crippen LogP contribution is 2.39. The van der Waals surface area contributed by atoms with E-state index in [1.165, 1.54) is 4.90 Å². The number of hydrogen-bond acceptors (Lipinski definition) is 5. The highest BCUT2D eigenvalue weighted by atomic mass is 16.5. The lowest BCUT2D eigenvalue weighted by Gasteiger charge is -2.27. The number of hydrogen-bond donors (Lipinski definition) is 2. The number of benzene rings is 1.